The first-order valence-corrected chi connectivity index (χ1v) is 3.65. The number of hydrogen-bond donors (Lipinski definition) is 1. The van der Waals surface area contributed by atoms with Crippen molar-refractivity contribution in [3.05, 3.63) is 23.0 Å². The Hall–Kier alpha value is -0.420. The van der Waals surface area contributed by atoms with Crippen molar-refractivity contribution in [2.24, 2.45) is 0 Å². The highest BCUT2D eigenvalue weighted by Crippen LogP contribution is 2.34. The normalized spacial score (nSPS) is 11.8. The predicted octanol–water partition coefficient (Wildman–Crippen LogP) is 3.04. The second-order valence-electron chi connectivity index (χ2n) is 2.03. The van der Waals surface area contributed by atoms with E-state index in [4.69, 9.17) is 11.6 Å². The molecule has 1 aromatic heterocycles. The van der Waals surface area contributed by atoms with Crippen molar-refractivity contribution in [2.75, 3.05) is 0 Å². The van der Waals surface area contributed by atoms with Gasteiger partial charge in [0.15, 0.2) is 0 Å². The maximum Gasteiger partial charge on any atom is 0.419 e. The number of hydrogen-bond acceptors (Lipinski definition) is 2. The molecule has 6 heteroatoms. The Bertz CT molecular complexity index is 299. The Labute approximate surface area is 77.0 Å². The molecule has 0 saturated heterocycles. The summed E-state index contributed by atoms with van der Waals surface area (Å²) < 4.78 is 36.2. The van der Waals surface area contributed by atoms with E-state index in [1.807, 2.05) is 0 Å². The summed E-state index contributed by atoms with van der Waals surface area (Å²) in [5, 5.41) is -0.555. The summed E-state index contributed by atoms with van der Waals surface area (Å²) in [5.74, 6) is 0. The van der Waals surface area contributed by atoms with Gasteiger partial charge in [0, 0.05) is 11.1 Å². The molecule has 0 spiro atoms. The van der Waals surface area contributed by atoms with Gasteiger partial charge in [0.05, 0.1) is 5.56 Å². The Balaban J connectivity index is 3.23. The lowest BCUT2D eigenvalue weighted by atomic mass is 10.3. The van der Waals surface area contributed by atoms with Crippen LogP contribution in [0.15, 0.2) is 17.2 Å². The zero-order valence-corrected chi connectivity index (χ0v) is 7.21. The van der Waals surface area contributed by atoms with Gasteiger partial charge in [0.25, 0.3) is 0 Å². The summed E-state index contributed by atoms with van der Waals surface area (Å²) in [4.78, 5) is 3.45. The van der Waals surface area contributed by atoms with Crippen LogP contribution in [0.5, 0.6) is 0 Å². The molecule has 0 unspecified atom stereocenters. The number of rotatable bonds is 0. The van der Waals surface area contributed by atoms with Gasteiger partial charge in [-0.05, 0) is 6.07 Å². The third kappa shape index (κ3) is 2.04. The van der Waals surface area contributed by atoms with Gasteiger partial charge < -0.3 is 0 Å². The molecule has 0 aromatic carbocycles. The van der Waals surface area contributed by atoms with Gasteiger partial charge in [-0.1, -0.05) is 11.6 Å². The molecular formula is C6H3ClF3NS. The second kappa shape index (κ2) is 3.14. The topological polar surface area (TPSA) is 12.9 Å². The van der Waals surface area contributed by atoms with Crippen LogP contribution in [-0.2, 0) is 6.18 Å². The van der Waals surface area contributed by atoms with Gasteiger partial charge >= 0.3 is 6.18 Å². The van der Waals surface area contributed by atoms with Crippen LogP contribution in [0.1, 0.15) is 5.56 Å². The van der Waals surface area contributed by atoms with E-state index >= 15 is 0 Å². The maximum atomic E-state index is 12.1. The average molecular weight is 214 g/mol. The van der Waals surface area contributed by atoms with Crippen molar-refractivity contribution in [3.63, 3.8) is 0 Å². The van der Waals surface area contributed by atoms with Crippen LogP contribution in [0.3, 0.4) is 0 Å². The lowest BCUT2D eigenvalue weighted by Crippen LogP contribution is -2.06. The number of alkyl halides is 3. The largest absolute Gasteiger partial charge is 0.419 e. The minimum atomic E-state index is -4.47. The zero-order chi connectivity index (χ0) is 9.35. The molecule has 1 nitrogen and oxygen atoms in total. The number of aromatic nitrogens is 1. The quantitative estimate of drug-likeness (QED) is 0.516. The van der Waals surface area contributed by atoms with Gasteiger partial charge in [-0.3, -0.25) is 0 Å². The molecule has 1 rings (SSSR count). The monoisotopic (exact) mass is 213 g/mol. The van der Waals surface area contributed by atoms with Crippen LogP contribution in [-0.4, -0.2) is 4.98 Å². The molecule has 12 heavy (non-hydrogen) atoms. The SMILES string of the molecule is FC(F)(F)c1cc(S)cnc1Cl. The van der Waals surface area contributed by atoms with Gasteiger partial charge in [0.1, 0.15) is 5.15 Å². The molecule has 0 aliphatic carbocycles. The second-order valence-corrected chi connectivity index (χ2v) is 2.90. The summed E-state index contributed by atoms with van der Waals surface area (Å²) in [6.07, 6.45) is -3.32. The standard InChI is InChI=1S/C6H3ClF3NS/c7-5-4(6(8,9)10)1-3(12)2-11-5/h1-2,12H. The summed E-state index contributed by atoms with van der Waals surface area (Å²) in [6, 6.07) is 0.832. The smallest absolute Gasteiger partial charge is 0.243 e. The average Bonchev–Trinajstić information content (AvgIpc) is 1.92. The highest BCUT2D eigenvalue weighted by Gasteiger charge is 2.33. The maximum absolute atomic E-state index is 12.1. The number of thiol groups is 1. The molecule has 0 radical (unpaired) electrons. The zero-order valence-electron chi connectivity index (χ0n) is 5.56. The first-order valence-electron chi connectivity index (χ1n) is 2.83. The molecule has 0 amide bonds. The van der Waals surface area contributed by atoms with Crippen LogP contribution in [0, 0.1) is 0 Å². The molecular weight excluding hydrogens is 211 g/mol. The van der Waals surface area contributed by atoms with Crippen molar-refractivity contribution < 1.29 is 13.2 Å². The summed E-state index contributed by atoms with van der Waals surface area (Å²) >= 11 is 8.93. The van der Waals surface area contributed by atoms with Crippen LogP contribution in [0.4, 0.5) is 13.2 Å². The highest BCUT2D eigenvalue weighted by atomic mass is 35.5. The van der Waals surface area contributed by atoms with Crippen molar-refractivity contribution in [1.29, 1.82) is 0 Å². The Morgan fingerprint density at radius 1 is 1.42 bits per heavy atom. The minimum Gasteiger partial charge on any atom is -0.243 e. The molecule has 1 aromatic rings. The van der Waals surface area contributed by atoms with Crippen LogP contribution < -0.4 is 0 Å². The van der Waals surface area contributed by atoms with Crippen LogP contribution in [0.25, 0.3) is 0 Å². The lowest BCUT2D eigenvalue weighted by Gasteiger charge is -2.07. The molecule has 0 fully saturated rings. The number of nitrogens with zero attached hydrogens (tertiary/aromatic N) is 1. The van der Waals surface area contributed by atoms with Crippen molar-refractivity contribution in [2.45, 2.75) is 11.1 Å². The third-order valence-electron chi connectivity index (χ3n) is 1.13. The Morgan fingerprint density at radius 3 is 2.42 bits per heavy atom. The highest BCUT2D eigenvalue weighted by molar-refractivity contribution is 7.80. The van der Waals surface area contributed by atoms with Crippen LogP contribution >= 0.6 is 24.2 Å². The lowest BCUT2D eigenvalue weighted by molar-refractivity contribution is -0.137. The van der Waals surface area contributed by atoms with E-state index in [1.54, 1.807) is 0 Å². The van der Waals surface area contributed by atoms with Gasteiger partial charge in [-0.15, -0.1) is 12.6 Å². The molecule has 0 N–H and O–H groups in total. The third-order valence-corrected chi connectivity index (χ3v) is 1.68. The van der Waals surface area contributed by atoms with Gasteiger partial charge in [0.2, 0.25) is 0 Å². The molecule has 1 heterocycles. The fourth-order valence-corrected chi connectivity index (χ4v) is 1.03. The molecule has 0 bridgehead atoms. The Kier molecular flexibility index (Phi) is 2.53. The molecule has 0 aliphatic rings. The summed E-state index contributed by atoms with van der Waals surface area (Å²) in [5.41, 5.74) is -0.961. The molecule has 0 aliphatic heterocycles. The van der Waals surface area contributed by atoms with E-state index in [1.165, 1.54) is 0 Å². The molecule has 66 valence electrons. The fraction of sp³-hybridized carbons (Fsp3) is 0.167. The van der Waals surface area contributed by atoms with E-state index in [2.05, 4.69) is 17.6 Å². The van der Waals surface area contributed by atoms with E-state index in [-0.39, 0.29) is 4.90 Å². The van der Waals surface area contributed by atoms with Crippen molar-refractivity contribution in [1.82, 2.24) is 4.98 Å². The van der Waals surface area contributed by atoms with E-state index < -0.39 is 16.9 Å². The van der Waals surface area contributed by atoms with Crippen LogP contribution in [0.2, 0.25) is 5.15 Å². The number of halogens is 4. The summed E-state index contributed by atoms with van der Waals surface area (Å²) in [7, 11) is 0. The van der Waals surface area contributed by atoms with Crippen molar-refractivity contribution >= 4 is 24.2 Å². The van der Waals surface area contributed by atoms with Gasteiger partial charge in [-0.2, -0.15) is 13.2 Å². The van der Waals surface area contributed by atoms with E-state index in [0.717, 1.165) is 12.3 Å². The fourth-order valence-electron chi connectivity index (χ4n) is 0.636. The summed E-state index contributed by atoms with van der Waals surface area (Å²) in [6.45, 7) is 0. The molecule has 0 saturated carbocycles. The minimum absolute atomic E-state index is 0.131. The Morgan fingerprint density at radius 2 is 2.00 bits per heavy atom. The van der Waals surface area contributed by atoms with E-state index in [0.29, 0.717) is 0 Å². The first kappa shape index (κ1) is 9.67. The van der Waals surface area contributed by atoms with Crippen molar-refractivity contribution in [3.8, 4) is 0 Å². The molecule has 0 atom stereocenters. The first-order chi connectivity index (χ1) is 5.41. The predicted molar refractivity (Wildman–Crippen MR) is 41.5 cm³/mol. The number of pyridine rings is 1. The van der Waals surface area contributed by atoms with E-state index in [9.17, 15) is 13.2 Å². The van der Waals surface area contributed by atoms with Gasteiger partial charge in [-0.25, -0.2) is 4.98 Å².